The van der Waals surface area contributed by atoms with E-state index in [1.807, 2.05) is 11.7 Å². The summed E-state index contributed by atoms with van der Waals surface area (Å²) in [4.78, 5) is 0. The maximum atomic E-state index is 6.26. The van der Waals surface area contributed by atoms with Crippen LogP contribution >= 0.6 is 15.9 Å². The Morgan fingerprint density at radius 3 is 2.44 bits per heavy atom. The van der Waals surface area contributed by atoms with Gasteiger partial charge in [0, 0.05) is 26.6 Å². The quantitative estimate of drug-likeness (QED) is 0.875. The molecule has 4 nitrogen and oxygen atoms in total. The van der Waals surface area contributed by atoms with E-state index in [4.69, 9.17) is 10.5 Å². The predicted octanol–water partition coefficient (Wildman–Crippen LogP) is 2.29. The Morgan fingerprint density at radius 1 is 1.44 bits per heavy atom. The van der Waals surface area contributed by atoms with E-state index in [2.05, 4.69) is 41.8 Å². The van der Waals surface area contributed by atoms with Crippen LogP contribution < -0.4 is 5.73 Å². The molecule has 1 rings (SSSR count). The summed E-state index contributed by atoms with van der Waals surface area (Å²) >= 11 is 3.62. The first-order valence-corrected chi connectivity index (χ1v) is 7.20. The Morgan fingerprint density at radius 2 is 2.06 bits per heavy atom. The van der Waals surface area contributed by atoms with Gasteiger partial charge < -0.3 is 10.5 Å². The molecule has 0 saturated heterocycles. The number of ether oxygens (including phenoxy) is 1. The molecular weight excluding hydrogens is 294 g/mol. The van der Waals surface area contributed by atoms with Gasteiger partial charge in [-0.25, -0.2) is 0 Å². The maximum Gasteiger partial charge on any atom is 0.0766 e. The Bertz CT molecular complexity index is 390. The summed E-state index contributed by atoms with van der Waals surface area (Å²) in [5.74, 6) is 0.405. The monoisotopic (exact) mass is 317 g/mol. The number of nitrogens with zero attached hydrogens (tertiary/aromatic N) is 2. The minimum Gasteiger partial charge on any atom is -0.380 e. The second kappa shape index (κ2) is 6.68. The Balaban J connectivity index is 2.87. The Kier molecular flexibility index (Phi) is 5.82. The Labute approximate surface area is 118 Å². The minimum absolute atomic E-state index is 0.0218. The molecule has 2 N–H and O–H groups in total. The Hall–Kier alpha value is -0.390. The van der Waals surface area contributed by atoms with E-state index >= 15 is 0 Å². The van der Waals surface area contributed by atoms with E-state index in [1.165, 1.54) is 0 Å². The van der Waals surface area contributed by atoms with E-state index in [0.717, 1.165) is 28.7 Å². The molecule has 0 spiro atoms. The van der Waals surface area contributed by atoms with Crippen LogP contribution in [0.3, 0.4) is 0 Å². The number of aryl methyl sites for hydroxylation is 2. The van der Waals surface area contributed by atoms with Gasteiger partial charge in [0.25, 0.3) is 0 Å². The number of halogens is 1. The molecule has 104 valence electrons. The molecule has 1 heterocycles. The van der Waals surface area contributed by atoms with Gasteiger partial charge in [-0.1, -0.05) is 20.8 Å². The van der Waals surface area contributed by atoms with Crippen LogP contribution in [-0.2, 0) is 24.6 Å². The highest BCUT2D eigenvalue weighted by atomic mass is 79.9. The second-order valence-corrected chi connectivity index (χ2v) is 5.79. The minimum atomic E-state index is -0.0218. The van der Waals surface area contributed by atoms with Crippen molar-refractivity contribution in [3.8, 4) is 0 Å². The molecule has 1 aromatic heterocycles. The van der Waals surface area contributed by atoms with Crippen molar-refractivity contribution < 1.29 is 4.74 Å². The van der Waals surface area contributed by atoms with Gasteiger partial charge in [0.15, 0.2) is 0 Å². The fourth-order valence-electron chi connectivity index (χ4n) is 2.32. The predicted molar refractivity (Wildman–Crippen MR) is 77.6 cm³/mol. The number of methoxy groups -OCH3 is 1. The van der Waals surface area contributed by atoms with E-state index in [0.29, 0.717) is 5.92 Å². The maximum absolute atomic E-state index is 6.26. The highest BCUT2D eigenvalue weighted by molar-refractivity contribution is 9.10. The van der Waals surface area contributed by atoms with Crippen LogP contribution in [0.4, 0.5) is 0 Å². The first kappa shape index (κ1) is 15.7. The summed E-state index contributed by atoms with van der Waals surface area (Å²) in [5, 5.41) is 4.49. The molecule has 1 aromatic rings. The average molecular weight is 318 g/mol. The lowest BCUT2D eigenvalue weighted by Crippen LogP contribution is -2.41. The summed E-state index contributed by atoms with van der Waals surface area (Å²) in [5.41, 5.74) is 8.49. The number of rotatable bonds is 6. The first-order valence-electron chi connectivity index (χ1n) is 6.40. The largest absolute Gasteiger partial charge is 0.380 e. The van der Waals surface area contributed by atoms with Crippen LogP contribution in [0, 0.1) is 5.92 Å². The van der Waals surface area contributed by atoms with Crippen molar-refractivity contribution in [2.45, 2.75) is 45.8 Å². The summed E-state index contributed by atoms with van der Waals surface area (Å²) in [6.07, 6.45) is 1.75. The fourth-order valence-corrected chi connectivity index (χ4v) is 3.10. The average Bonchev–Trinajstić information content (AvgIpc) is 2.56. The summed E-state index contributed by atoms with van der Waals surface area (Å²) in [6, 6.07) is -0.0218. The smallest absolute Gasteiger partial charge is 0.0766 e. The molecule has 0 saturated carbocycles. The number of hydrogen-bond acceptors (Lipinski definition) is 3. The van der Waals surface area contributed by atoms with Gasteiger partial charge in [-0.3, -0.25) is 4.68 Å². The van der Waals surface area contributed by atoms with Gasteiger partial charge in [0.2, 0.25) is 0 Å². The third-order valence-electron chi connectivity index (χ3n) is 3.28. The van der Waals surface area contributed by atoms with Gasteiger partial charge in [0.1, 0.15) is 0 Å². The molecule has 0 radical (unpaired) electrons. The molecule has 0 aliphatic rings. The summed E-state index contributed by atoms with van der Waals surface area (Å²) in [7, 11) is 3.68. The van der Waals surface area contributed by atoms with Crippen LogP contribution in [0.15, 0.2) is 4.47 Å². The highest BCUT2D eigenvalue weighted by Crippen LogP contribution is 2.24. The van der Waals surface area contributed by atoms with Crippen LogP contribution in [-0.4, -0.2) is 29.0 Å². The summed E-state index contributed by atoms with van der Waals surface area (Å²) < 4.78 is 8.49. The van der Waals surface area contributed by atoms with E-state index in [1.54, 1.807) is 7.11 Å². The second-order valence-electron chi connectivity index (χ2n) is 5.00. The van der Waals surface area contributed by atoms with E-state index < -0.39 is 0 Å². The first-order chi connectivity index (χ1) is 8.42. The van der Waals surface area contributed by atoms with Gasteiger partial charge >= 0.3 is 0 Å². The van der Waals surface area contributed by atoms with Gasteiger partial charge in [-0.2, -0.15) is 5.10 Å². The highest BCUT2D eigenvalue weighted by Gasteiger charge is 2.24. The lowest BCUT2D eigenvalue weighted by molar-refractivity contribution is 0.0436. The van der Waals surface area contributed by atoms with Crippen molar-refractivity contribution in [1.82, 2.24) is 9.78 Å². The number of hydrogen-bond donors (Lipinski definition) is 1. The molecular formula is C13H24BrN3O. The van der Waals surface area contributed by atoms with Crippen molar-refractivity contribution in [2.75, 3.05) is 7.11 Å². The lowest BCUT2D eigenvalue weighted by Gasteiger charge is -2.26. The normalized spacial score (nSPS) is 15.1. The van der Waals surface area contributed by atoms with Crippen LogP contribution in [0.1, 0.15) is 32.2 Å². The zero-order valence-electron chi connectivity index (χ0n) is 11.9. The number of nitrogens with two attached hydrogens (primary N) is 1. The zero-order chi connectivity index (χ0) is 13.9. The van der Waals surface area contributed by atoms with Crippen molar-refractivity contribution in [3.05, 3.63) is 15.9 Å². The third kappa shape index (κ3) is 3.33. The van der Waals surface area contributed by atoms with Crippen molar-refractivity contribution in [2.24, 2.45) is 18.7 Å². The molecule has 0 fully saturated rings. The van der Waals surface area contributed by atoms with Crippen molar-refractivity contribution in [1.29, 1.82) is 0 Å². The van der Waals surface area contributed by atoms with E-state index in [9.17, 15) is 0 Å². The summed E-state index contributed by atoms with van der Waals surface area (Å²) in [6.45, 7) is 6.36. The fraction of sp³-hybridized carbons (Fsp3) is 0.769. The van der Waals surface area contributed by atoms with Crippen LogP contribution in [0.25, 0.3) is 0 Å². The zero-order valence-corrected chi connectivity index (χ0v) is 13.5. The SMILES string of the molecule is CCc1nn(C)c(CC(N)C(OC)C(C)C)c1Br. The van der Waals surface area contributed by atoms with Gasteiger partial charge in [-0.05, 0) is 28.3 Å². The lowest BCUT2D eigenvalue weighted by atomic mass is 9.96. The molecule has 2 atom stereocenters. The van der Waals surface area contributed by atoms with Gasteiger partial charge in [0.05, 0.1) is 22.0 Å². The van der Waals surface area contributed by atoms with Crippen molar-refractivity contribution in [3.63, 3.8) is 0 Å². The molecule has 18 heavy (non-hydrogen) atoms. The topological polar surface area (TPSA) is 53.1 Å². The van der Waals surface area contributed by atoms with E-state index in [-0.39, 0.29) is 12.1 Å². The molecule has 2 unspecified atom stereocenters. The molecule has 0 aromatic carbocycles. The van der Waals surface area contributed by atoms with Crippen molar-refractivity contribution >= 4 is 15.9 Å². The molecule has 5 heteroatoms. The molecule has 0 aliphatic carbocycles. The third-order valence-corrected chi connectivity index (χ3v) is 4.20. The van der Waals surface area contributed by atoms with Crippen LogP contribution in [0.5, 0.6) is 0 Å². The van der Waals surface area contributed by atoms with Gasteiger partial charge in [-0.15, -0.1) is 0 Å². The molecule has 0 amide bonds. The molecule has 0 aliphatic heterocycles. The molecule has 0 bridgehead atoms. The van der Waals surface area contributed by atoms with Crippen LogP contribution in [0.2, 0.25) is 0 Å². The number of aromatic nitrogens is 2. The standard InChI is InChI=1S/C13H24BrN3O/c1-6-10-12(14)11(17(4)16-10)7-9(15)13(18-5)8(2)3/h8-9,13H,6-7,15H2,1-5H3.